The van der Waals surface area contributed by atoms with E-state index in [2.05, 4.69) is 5.32 Å². The quantitative estimate of drug-likeness (QED) is 0.772. The molecule has 9 heteroatoms. The number of carbonyl (C=O) groups excluding carboxylic acids is 1. The van der Waals surface area contributed by atoms with Crippen LogP contribution in [0.15, 0.2) is 30.3 Å². The first kappa shape index (κ1) is 20.8. The topological polar surface area (TPSA) is 94.2 Å². The minimum absolute atomic E-state index is 0.250. The van der Waals surface area contributed by atoms with Gasteiger partial charge in [-0.2, -0.15) is 0 Å². The van der Waals surface area contributed by atoms with Crippen LogP contribution >= 0.6 is 0 Å². The van der Waals surface area contributed by atoms with Crippen LogP contribution in [0.5, 0.6) is 17.2 Å². The minimum atomic E-state index is -3.39. The molecule has 0 radical (unpaired) electrons. The lowest BCUT2D eigenvalue weighted by Gasteiger charge is -2.29. The zero-order valence-corrected chi connectivity index (χ0v) is 17.6. The molecular weight excluding hydrogens is 396 g/mol. The Morgan fingerprint density at radius 2 is 1.76 bits per heavy atom. The fourth-order valence-corrected chi connectivity index (χ4v) is 4.43. The fraction of sp³-hybridized carbons (Fsp3) is 0.350. The molecule has 8 nitrogen and oxygen atoms in total. The molecule has 0 aliphatic carbocycles. The lowest BCUT2D eigenvalue weighted by atomic mass is 10.0. The summed E-state index contributed by atoms with van der Waals surface area (Å²) in [4.78, 5) is 12.9. The summed E-state index contributed by atoms with van der Waals surface area (Å²) in [5.74, 6) is 0.597. The van der Waals surface area contributed by atoms with Crippen molar-refractivity contribution in [1.29, 1.82) is 0 Å². The first-order chi connectivity index (χ1) is 13.8. The van der Waals surface area contributed by atoms with E-state index in [1.54, 1.807) is 24.3 Å². The van der Waals surface area contributed by atoms with Gasteiger partial charge in [-0.15, -0.1) is 0 Å². The van der Waals surface area contributed by atoms with Crippen LogP contribution in [0.2, 0.25) is 0 Å². The van der Waals surface area contributed by atoms with Crippen LogP contribution in [0, 0.1) is 0 Å². The molecule has 0 saturated heterocycles. The van der Waals surface area contributed by atoms with E-state index >= 15 is 0 Å². The van der Waals surface area contributed by atoms with E-state index in [4.69, 9.17) is 14.2 Å². The smallest absolute Gasteiger partial charge is 0.259 e. The van der Waals surface area contributed by atoms with Crippen LogP contribution in [-0.2, 0) is 16.4 Å². The van der Waals surface area contributed by atoms with Crippen molar-refractivity contribution in [3.05, 3.63) is 41.5 Å². The number of nitrogens with one attached hydrogen (secondary N) is 1. The standard InChI is InChI=1S/C20H24N2O6S/c1-26-17-10-9-15(18(27-2)19(17)28-3)20(23)21-14-8-7-13-6-5-11-22(16(13)12-14)29(4,24)25/h7-10,12H,5-6,11H2,1-4H3,(H,21,23). The van der Waals surface area contributed by atoms with Crippen molar-refractivity contribution in [1.82, 2.24) is 0 Å². The summed E-state index contributed by atoms with van der Waals surface area (Å²) < 4.78 is 41.5. The summed E-state index contributed by atoms with van der Waals surface area (Å²) in [7, 11) is 1.01. The molecule has 1 aliphatic rings. The Bertz CT molecular complexity index is 1040. The summed E-state index contributed by atoms with van der Waals surface area (Å²) in [5, 5.41) is 2.81. The Morgan fingerprint density at radius 3 is 2.38 bits per heavy atom. The predicted molar refractivity (Wildman–Crippen MR) is 111 cm³/mol. The van der Waals surface area contributed by atoms with Crippen LogP contribution in [0.1, 0.15) is 22.3 Å². The van der Waals surface area contributed by atoms with Crippen molar-refractivity contribution < 1.29 is 27.4 Å². The number of anilines is 2. The highest BCUT2D eigenvalue weighted by molar-refractivity contribution is 7.92. The second kappa shape index (κ2) is 8.20. The zero-order chi connectivity index (χ0) is 21.2. The summed E-state index contributed by atoms with van der Waals surface area (Å²) in [6.07, 6.45) is 2.73. The number of methoxy groups -OCH3 is 3. The summed E-state index contributed by atoms with van der Waals surface area (Å²) >= 11 is 0. The van der Waals surface area contributed by atoms with E-state index in [1.165, 1.54) is 31.9 Å². The molecule has 1 amide bonds. The summed E-state index contributed by atoms with van der Waals surface area (Å²) in [5.41, 5.74) is 2.28. The Balaban J connectivity index is 1.95. The van der Waals surface area contributed by atoms with Gasteiger partial charge in [0.1, 0.15) is 0 Å². The minimum Gasteiger partial charge on any atom is -0.493 e. The van der Waals surface area contributed by atoms with Gasteiger partial charge in [-0.25, -0.2) is 8.42 Å². The molecule has 2 aromatic carbocycles. The van der Waals surface area contributed by atoms with Gasteiger partial charge >= 0.3 is 0 Å². The highest BCUT2D eigenvalue weighted by Crippen LogP contribution is 2.40. The van der Waals surface area contributed by atoms with Gasteiger partial charge in [0, 0.05) is 12.2 Å². The van der Waals surface area contributed by atoms with E-state index < -0.39 is 15.9 Å². The SMILES string of the molecule is COc1ccc(C(=O)Nc2ccc3c(c2)N(S(C)(=O)=O)CCC3)c(OC)c1OC. The largest absolute Gasteiger partial charge is 0.493 e. The highest BCUT2D eigenvalue weighted by atomic mass is 32.2. The van der Waals surface area contributed by atoms with Crippen molar-refractivity contribution in [2.24, 2.45) is 0 Å². The summed E-state index contributed by atoms with van der Waals surface area (Å²) in [6.45, 7) is 0.423. The molecule has 29 heavy (non-hydrogen) atoms. The van der Waals surface area contributed by atoms with Gasteiger partial charge in [0.15, 0.2) is 11.5 Å². The van der Waals surface area contributed by atoms with Gasteiger partial charge in [-0.3, -0.25) is 9.10 Å². The number of ether oxygens (including phenoxy) is 3. The van der Waals surface area contributed by atoms with Gasteiger partial charge in [0.2, 0.25) is 15.8 Å². The molecule has 1 N–H and O–H groups in total. The average molecular weight is 420 g/mol. The number of rotatable bonds is 6. The normalized spacial score (nSPS) is 13.4. The molecule has 1 heterocycles. The zero-order valence-electron chi connectivity index (χ0n) is 16.8. The van der Waals surface area contributed by atoms with Gasteiger partial charge in [0.05, 0.1) is 38.8 Å². The van der Waals surface area contributed by atoms with Crippen LogP contribution in [0.3, 0.4) is 0 Å². The van der Waals surface area contributed by atoms with Crippen molar-refractivity contribution in [2.75, 3.05) is 43.8 Å². The van der Waals surface area contributed by atoms with Gasteiger partial charge in [-0.05, 0) is 42.7 Å². The van der Waals surface area contributed by atoms with E-state index in [-0.39, 0.29) is 11.3 Å². The number of sulfonamides is 1. The third-order valence-corrected chi connectivity index (χ3v) is 5.95. The number of nitrogens with zero attached hydrogens (tertiary/aromatic N) is 1. The van der Waals surface area contributed by atoms with Gasteiger partial charge in [-0.1, -0.05) is 6.07 Å². The number of aryl methyl sites for hydroxylation is 1. The van der Waals surface area contributed by atoms with Crippen LogP contribution in [0.4, 0.5) is 11.4 Å². The number of amides is 1. The molecule has 3 rings (SSSR count). The van der Waals surface area contributed by atoms with Crippen molar-refractivity contribution in [2.45, 2.75) is 12.8 Å². The Hall–Kier alpha value is -2.94. The second-order valence-corrected chi connectivity index (χ2v) is 8.52. The summed E-state index contributed by atoms with van der Waals surface area (Å²) in [6, 6.07) is 8.48. The maximum absolute atomic E-state index is 12.9. The molecule has 0 atom stereocenters. The Kier molecular flexibility index (Phi) is 5.88. The molecule has 0 saturated carbocycles. The third-order valence-electron chi connectivity index (χ3n) is 4.77. The molecule has 0 aromatic heterocycles. The maximum atomic E-state index is 12.9. The Labute approximate surface area is 170 Å². The maximum Gasteiger partial charge on any atom is 0.259 e. The molecule has 156 valence electrons. The number of carbonyl (C=O) groups is 1. The monoisotopic (exact) mass is 420 g/mol. The molecule has 0 bridgehead atoms. The van der Waals surface area contributed by atoms with E-state index in [0.29, 0.717) is 29.4 Å². The predicted octanol–water partition coefficient (Wildman–Crippen LogP) is 2.68. The molecule has 2 aromatic rings. The lowest BCUT2D eigenvalue weighted by Crippen LogP contribution is -2.34. The number of fused-ring (bicyclic) bond motifs is 1. The average Bonchev–Trinajstić information content (AvgIpc) is 2.71. The van der Waals surface area contributed by atoms with Crippen LogP contribution < -0.4 is 23.8 Å². The second-order valence-electron chi connectivity index (χ2n) is 6.62. The number of hydrogen-bond acceptors (Lipinski definition) is 6. The van der Waals surface area contributed by atoms with E-state index in [9.17, 15) is 13.2 Å². The highest BCUT2D eigenvalue weighted by Gasteiger charge is 2.25. The van der Waals surface area contributed by atoms with Gasteiger partial charge < -0.3 is 19.5 Å². The number of hydrogen-bond donors (Lipinski definition) is 1. The van der Waals surface area contributed by atoms with Crippen LogP contribution in [0.25, 0.3) is 0 Å². The van der Waals surface area contributed by atoms with Crippen LogP contribution in [-0.4, -0.2) is 48.5 Å². The van der Waals surface area contributed by atoms with Crippen molar-refractivity contribution in [3.63, 3.8) is 0 Å². The van der Waals surface area contributed by atoms with Crippen molar-refractivity contribution in [3.8, 4) is 17.2 Å². The third kappa shape index (κ3) is 4.09. The molecule has 1 aliphatic heterocycles. The number of benzene rings is 2. The van der Waals surface area contributed by atoms with Crippen molar-refractivity contribution >= 4 is 27.3 Å². The fourth-order valence-electron chi connectivity index (χ4n) is 3.44. The molecule has 0 spiro atoms. The molecule has 0 unspecified atom stereocenters. The first-order valence-corrected chi connectivity index (χ1v) is 10.9. The van der Waals surface area contributed by atoms with Gasteiger partial charge in [0.25, 0.3) is 5.91 Å². The molecular formula is C20H24N2O6S. The van der Waals surface area contributed by atoms with E-state index in [1.807, 2.05) is 6.07 Å². The van der Waals surface area contributed by atoms with E-state index in [0.717, 1.165) is 18.4 Å². The molecule has 0 fully saturated rings. The first-order valence-electron chi connectivity index (χ1n) is 9.01. The lowest BCUT2D eigenvalue weighted by molar-refractivity contribution is 0.102. The Morgan fingerprint density at radius 1 is 1.03 bits per heavy atom.